The molecule has 0 saturated heterocycles. The van der Waals surface area contributed by atoms with Crippen LogP contribution in [0.3, 0.4) is 0 Å². The van der Waals surface area contributed by atoms with E-state index >= 15 is 0 Å². The van der Waals surface area contributed by atoms with E-state index in [9.17, 15) is 4.79 Å². The Balaban J connectivity index is 2.01. The van der Waals surface area contributed by atoms with Crippen molar-refractivity contribution in [2.45, 2.75) is 49.7 Å². The van der Waals surface area contributed by atoms with Crippen LogP contribution < -0.4 is 0 Å². The van der Waals surface area contributed by atoms with Crippen LogP contribution >= 0.6 is 0 Å². The van der Waals surface area contributed by atoms with Gasteiger partial charge in [0, 0.05) is 7.11 Å². The maximum atomic E-state index is 10.8. The second-order valence-corrected chi connectivity index (χ2v) is 5.72. The Labute approximate surface area is 113 Å². The van der Waals surface area contributed by atoms with Crippen LogP contribution in [0, 0.1) is 0 Å². The number of isocyanates is 1. The highest BCUT2D eigenvalue weighted by Gasteiger charge is 2.45. The van der Waals surface area contributed by atoms with Gasteiger partial charge in [-0.2, -0.15) is 4.99 Å². The van der Waals surface area contributed by atoms with Crippen LogP contribution in [0.25, 0.3) is 0 Å². The molecule has 3 rings (SSSR count). The molecule has 1 aromatic carbocycles. The first-order chi connectivity index (χ1) is 9.25. The molecule has 1 aromatic rings. The van der Waals surface area contributed by atoms with Crippen LogP contribution in [0.15, 0.2) is 29.3 Å². The number of aliphatic imine (C=N–C) groups is 1. The van der Waals surface area contributed by atoms with E-state index in [1.54, 1.807) is 13.2 Å². The van der Waals surface area contributed by atoms with Gasteiger partial charge in [-0.05, 0) is 36.8 Å². The third-order valence-corrected chi connectivity index (χ3v) is 4.71. The van der Waals surface area contributed by atoms with Gasteiger partial charge in [-0.15, -0.1) is 0 Å². The molecule has 19 heavy (non-hydrogen) atoms. The summed E-state index contributed by atoms with van der Waals surface area (Å²) in [4.78, 5) is 14.9. The monoisotopic (exact) mass is 257 g/mol. The molecule has 2 saturated carbocycles. The van der Waals surface area contributed by atoms with E-state index in [0.29, 0.717) is 0 Å². The van der Waals surface area contributed by atoms with Gasteiger partial charge in [-0.3, -0.25) is 0 Å². The number of ether oxygens (including phenoxy) is 1. The first-order valence-corrected chi connectivity index (χ1v) is 7.00. The molecule has 2 fully saturated rings. The van der Waals surface area contributed by atoms with Crippen LogP contribution in [0.4, 0.5) is 0 Å². The largest absolute Gasteiger partial charge is 0.374 e. The highest BCUT2D eigenvalue weighted by molar-refractivity contribution is 5.41. The lowest BCUT2D eigenvalue weighted by Crippen LogP contribution is -2.20. The summed E-state index contributed by atoms with van der Waals surface area (Å²) in [5, 5.41) is 0. The topological polar surface area (TPSA) is 38.7 Å². The highest BCUT2D eigenvalue weighted by Crippen LogP contribution is 2.50. The van der Waals surface area contributed by atoms with E-state index in [1.807, 2.05) is 0 Å². The van der Waals surface area contributed by atoms with E-state index in [-0.39, 0.29) is 11.1 Å². The lowest BCUT2D eigenvalue weighted by Gasteiger charge is -2.24. The standard InChI is InChI=1S/C16H19NO2/c1-19-16(9-10-16)14-6-4-5-13(11-14)15(17-12-18)7-2-3-8-15/h4-6,11H,2-3,7-10H2,1H3. The van der Waals surface area contributed by atoms with Gasteiger partial charge in [-0.1, -0.05) is 37.1 Å². The summed E-state index contributed by atoms with van der Waals surface area (Å²) in [5.74, 6) is 0. The predicted octanol–water partition coefficient (Wildman–Crippen LogP) is 3.43. The quantitative estimate of drug-likeness (QED) is 0.612. The molecule has 100 valence electrons. The summed E-state index contributed by atoms with van der Waals surface area (Å²) in [6.07, 6.45) is 8.10. The highest BCUT2D eigenvalue weighted by atomic mass is 16.5. The molecule has 0 aliphatic heterocycles. The third-order valence-electron chi connectivity index (χ3n) is 4.71. The molecule has 0 aromatic heterocycles. The van der Waals surface area contributed by atoms with Crippen molar-refractivity contribution in [1.29, 1.82) is 0 Å². The maximum absolute atomic E-state index is 10.8. The summed E-state index contributed by atoms with van der Waals surface area (Å²) in [5.41, 5.74) is 1.96. The van der Waals surface area contributed by atoms with Crippen molar-refractivity contribution in [1.82, 2.24) is 0 Å². The summed E-state index contributed by atoms with van der Waals surface area (Å²) < 4.78 is 5.64. The maximum Gasteiger partial charge on any atom is 0.235 e. The summed E-state index contributed by atoms with van der Waals surface area (Å²) in [7, 11) is 1.77. The SMILES string of the molecule is COC1(c2cccc(C3(N=C=O)CCCC3)c2)CC1. The van der Waals surface area contributed by atoms with Crippen molar-refractivity contribution in [3.63, 3.8) is 0 Å². The Morgan fingerprint density at radius 3 is 2.42 bits per heavy atom. The number of benzene rings is 1. The van der Waals surface area contributed by atoms with E-state index in [1.165, 1.54) is 5.56 Å². The zero-order chi connectivity index (χ0) is 13.3. The Morgan fingerprint density at radius 1 is 1.16 bits per heavy atom. The molecule has 0 spiro atoms. The molecule has 0 unspecified atom stereocenters. The van der Waals surface area contributed by atoms with Gasteiger partial charge in [0.25, 0.3) is 0 Å². The molecule has 0 radical (unpaired) electrons. The molecule has 2 aliphatic rings. The summed E-state index contributed by atoms with van der Waals surface area (Å²) in [6, 6.07) is 8.45. The number of hydrogen-bond donors (Lipinski definition) is 0. The van der Waals surface area contributed by atoms with Gasteiger partial charge < -0.3 is 4.74 Å². The second-order valence-electron chi connectivity index (χ2n) is 5.72. The third kappa shape index (κ3) is 2.03. The summed E-state index contributed by atoms with van der Waals surface area (Å²) in [6.45, 7) is 0. The predicted molar refractivity (Wildman–Crippen MR) is 72.6 cm³/mol. The smallest absolute Gasteiger partial charge is 0.235 e. The molecular formula is C16H19NO2. The Hall–Kier alpha value is -1.44. The normalized spacial score (nSPS) is 22.8. The summed E-state index contributed by atoms with van der Waals surface area (Å²) >= 11 is 0. The van der Waals surface area contributed by atoms with Gasteiger partial charge >= 0.3 is 0 Å². The van der Waals surface area contributed by atoms with Gasteiger partial charge in [0.2, 0.25) is 6.08 Å². The van der Waals surface area contributed by atoms with E-state index < -0.39 is 0 Å². The van der Waals surface area contributed by atoms with Gasteiger partial charge in [0.05, 0.1) is 11.1 Å². The Morgan fingerprint density at radius 2 is 1.84 bits per heavy atom. The minimum atomic E-state index is -0.332. The van der Waals surface area contributed by atoms with Gasteiger partial charge in [0.15, 0.2) is 0 Å². The van der Waals surface area contributed by atoms with Crippen LogP contribution in [0.1, 0.15) is 49.7 Å². The van der Waals surface area contributed by atoms with Crippen LogP contribution in [-0.4, -0.2) is 13.2 Å². The van der Waals surface area contributed by atoms with E-state index in [4.69, 9.17) is 4.74 Å². The van der Waals surface area contributed by atoms with Crippen molar-refractivity contribution >= 4 is 6.08 Å². The Kier molecular flexibility index (Phi) is 3.04. The fraction of sp³-hybridized carbons (Fsp3) is 0.562. The average molecular weight is 257 g/mol. The van der Waals surface area contributed by atoms with Crippen LogP contribution in [0.2, 0.25) is 0 Å². The Bertz CT molecular complexity index is 521. The van der Waals surface area contributed by atoms with Crippen molar-refractivity contribution in [3.8, 4) is 0 Å². The number of rotatable bonds is 4. The molecule has 3 nitrogen and oxygen atoms in total. The number of hydrogen-bond acceptors (Lipinski definition) is 3. The zero-order valence-electron chi connectivity index (χ0n) is 11.3. The first-order valence-electron chi connectivity index (χ1n) is 7.00. The second kappa shape index (κ2) is 4.59. The molecule has 0 N–H and O–H groups in total. The average Bonchev–Trinajstić information content (AvgIpc) is 3.12. The number of nitrogens with zero attached hydrogens (tertiary/aromatic N) is 1. The van der Waals surface area contributed by atoms with Crippen LogP contribution in [0.5, 0.6) is 0 Å². The molecule has 0 heterocycles. The number of methoxy groups -OCH3 is 1. The zero-order valence-corrected chi connectivity index (χ0v) is 11.3. The fourth-order valence-electron chi connectivity index (χ4n) is 3.33. The van der Waals surface area contributed by atoms with Crippen molar-refractivity contribution in [3.05, 3.63) is 35.4 Å². The van der Waals surface area contributed by atoms with Crippen LogP contribution in [-0.2, 0) is 20.7 Å². The lowest BCUT2D eigenvalue weighted by molar-refractivity contribution is 0.0788. The molecule has 3 heteroatoms. The van der Waals surface area contributed by atoms with Crippen molar-refractivity contribution in [2.75, 3.05) is 7.11 Å². The fourth-order valence-corrected chi connectivity index (χ4v) is 3.33. The van der Waals surface area contributed by atoms with E-state index in [2.05, 4.69) is 29.3 Å². The van der Waals surface area contributed by atoms with Crippen molar-refractivity contribution < 1.29 is 9.53 Å². The van der Waals surface area contributed by atoms with Gasteiger partial charge in [0.1, 0.15) is 0 Å². The minimum Gasteiger partial charge on any atom is -0.374 e. The minimum absolute atomic E-state index is 0.0826. The van der Waals surface area contributed by atoms with E-state index in [0.717, 1.165) is 44.1 Å². The molecule has 0 bridgehead atoms. The molecule has 0 amide bonds. The molecule has 0 atom stereocenters. The molecule has 2 aliphatic carbocycles. The lowest BCUT2D eigenvalue weighted by atomic mass is 9.87. The van der Waals surface area contributed by atoms with Crippen molar-refractivity contribution in [2.24, 2.45) is 4.99 Å². The number of carbonyl (C=O) groups excluding carboxylic acids is 1. The first kappa shape index (κ1) is 12.6. The molecular weight excluding hydrogens is 238 g/mol. The van der Waals surface area contributed by atoms with Gasteiger partial charge in [-0.25, -0.2) is 4.79 Å².